The largest absolute Gasteiger partial charge is 0.486 e. The minimum Gasteiger partial charge on any atom is -0.486 e. The zero-order valence-electron chi connectivity index (χ0n) is 15.2. The molecule has 0 fully saturated rings. The molecule has 2 rings (SSSR count). The average molecular weight is 357 g/mol. The summed E-state index contributed by atoms with van der Waals surface area (Å²) in [5.41, 5.74) is 5.96. The van der Waals surface area contributed by atoms with Crippen LogP contribution < -0.4 is 15.2 Å². The second-order valence-electron chi connectivity index (χ2n) is 7.51. The van der Waals surface area contributed by atoms with Crippen LogP contribution in [-0.2, 0) is 10.2 Å². The van der Waals surface area contributed by atoms with E-state index in [2.05, 4.69) is 13.8 Å². The molecule has 24 heavy (non-hydrogen) atoms. The maximum absolute atomic E-state index is 12.9. The van der Waals surface area contributed by atoms with Gasteiger partial charge in [-0.25, -0.2) is 0 Å². The molecule has 0 saturated heterocycles. The normalized spacial score (nSPS) is 13.9. The van der Waals surface area contributed by atoms with Crippen LogP contribution in [0.1, 0.15) is 33.3 Å². The molecule has 0 radical (unpaired) electrons. The molecule has 0 aliphatic carbocycles. The molecule has 0 spiro atoms. The Morgan fingerprint density at radius 3 is 2.33 bits per heavy atom. The summed E-state index contributed by atoms with van der Waals surface area (Å²) in [4.78, 5) is 14.7. The predicted octanol–water partition coefficient (Wildman–Crippen LogP) is 2.60. The highest BCUT2D eigenvalue weighted by Crippen LogP contribution is 2.36. The Kier molecular flexibility index (Phi) is 6.53. The maximum Gasteiger partial charge on any atom is 0.232 e. The minimum absolute atomic E-state index is 0. The lowest BCUT2D eigenvalue weighted by Crippen LogP contribution is -2.46. The maximum atomic E-state index is 12.9. The molecule has 136 valence electrons. The third kappa shape index (κ3) is 4.33. The Morgan fingerprint density at radius 2 is 1.75 bits per heavy atom. The highest BCUT2D eigenvalue weighted by molar-refractivity contribution is 5.87. The van der Waals surface area contributed by atoms with Gasteiger partial charge in [0.05, 0.1) is 5.41 Å². The minimum atomic E-state index is -0.644. The van der Waals surface area contributed by atoms with Gasteiger partial charge in [-0.3, -0.25) is 4.79 Å². The van der Waals surface area contributed by atoms with Gasteiger partial charge in [-0.15, -0.1) is 12.4 Å². The monoisotopic (exact) mass is 356 g/mol. The van der Waals surface area contributed by atoms with E-state index in [0.29, 0.717) is 32.1 Å². The Morgan fingerprint density at radius 1 is 1.17 bits per heavy atom. The lowest BCUT2D eigenvalue weighted by molar-refractivity contribution is -0.136. The fourth-order valence-corrected chi connectivity index (χ4v) is 2.81. The first-order valence-corrected chi connectivity index (χ1v) is 8.03. The van der Waals surface area contributed by atoms with Crippen LogP contribution in [0.5, 0.6) is 11.5 Å². The van der Waals surface area contributed by atoms with Crippen molar-refractivity contribution in [3.05, 3.63) is 23.8 Å². The van der Waals surface area contributed by atoms with E-state index in [0.717, 1.165) is 11.3 Å². The third-order valence-electron chi connectivity index (χ3n) is 4.36. The number of fused-ring (bicyclic) bond motifs is 1. The van der Waals surface area contributed by atoms with Gasteiger partial charge in [0.1, 0.15) is 13.2 Å². The van der Waals surface area contributed by atoms with Gasteiger partial charge in [0, 0.05) is 13.6 Å². The zero-order chi connectivity index (χ0) is 17.3. The Balaban J connectivity index is 0.00000288. The molecule has 1 aromatic carbocycles. The first kappa shape index (κ1) is 20.6. The molecule has 2 N–H and O–H groups in total. The van der Waals surface area contributed by atoms with Crippen LogP contribution in [0.25, 0.3) is 0 Å². The molecule has 0 saturated carbocycles. The first-order valence-electron chi connectivity index (χ1n) is 8.03. The van der Waals surface area contributed by atoms with Gasteiger partial charge >= 0.3 is 0 Å². The molecule has 0 bridgehead atoms. The summed E-state index contributed by atoms with van der Waals surface area (Å²) in [5.74, 6) is 1.51. The topological polar surface area (TPSA) is 64.8 Å². The molecule has 1 aliphatic heterocycles. The van der Waals surface area contributed by atoms with E-state index in [9.17, 15) is 4.79 Å². The highest BCUT2D eigenvalue weighted by atomic mass is 35.5. The van der Waals surface area contributed by atoms with E-state index in [1.165, 1.54) is 0 Å². The smallest absolute Gasteiger partial charge is 0.232 e. The second kappa shape index (κ2) is 7.62. The van der Waals surface area contributed by atoms with Crippen molar-refractivity contribution >= 4 is 18.3 Å². The van der Waals surface area contributed by atoms with Crippen molar-refractivity contribution in [2.75, 3.05) is 33.4 Å². The summed E-state index contributed by atoms with van der Waals surface area (Å²) >= 11 is 0. The van der Waals surface area contributed by atoms with Crippen molar-refractivity contribution < 1.29 is 14.3 Å². The molecular weight excluding hydrogens is 328 g/mol. The van der Waals surface area contributed by atoms with Gasteiger partial charge in [0.15, 0.2) is 11.5 Å². The number of rotatable bonds is 5. The molecule has 0 aromatic heterocycles. The summed E-state index contributed by atoms with van der Waals surface area (Å²) < 4.78 is 11.2. The molecule has 5 nitrogen and oxygen atoms in total. The molecule has 1 aliphatic rings. The zero-order valence-corrected chi connectivity index (χ0v) is 16.0. The van der Waals surface area contributed by atoms with E-state index < -0.39 is 5.41 Å². The summed E-state index contributed by atoms with van der Waals surface area (Å²) in [6, 6.07) is 5.73. The Labute approximate surface area is 150 Å². The Hall–Kier alpha value is -1.46. The van der Waals surface area contributed by atoms with E-state index >= 15 is 0 Å². The fraction of sp³-hybridized carbons (Fsp3) is 0.611. The summed E-state index contributed by atoms with van der Waals surface area (Å²) in [5, 5.41) is 0. The van der Waals surface area contributed by atoms with Crippen LogP contribution >= 0.6 is 12.4 Å². The number of benzene rings is 1. The quantitative estimate of drug-likeness (QED) is 0.880. The van der Waals surface area contributed by atoms with Gasteiger partial charge in [0.25, 0.3) is 0 Å². The van der Waals surface area contributed by atoms with Crippen LogP contribution in [-0.4, -0.2) is 44.2 Å². The second-order valence-corrected chi connectivity index (χ2v) is 7.51. The number of hydrogen-bond acceptors (Lipinski definition) is 4. The SMILES string of the molecule is CN(CC(C)(C)CN)C(=O)C(C)(C)c1ccc2c(c1)OCCO2.Cl. The predicted molar refractivity (Wildman–Crippen MR) is 98.2 cm³/mol. The lowest BCUT2D eigenvalue weighted by atomic mass is 9.82. The summed E-state index contributed by atoms with van der Waals surface area (Å²) in [7, 11) is 1.83. The number of ether oxygens (including phenoxy) is 2. The van der Waals surface area contributed by atoms with E-state index in [4.69, 9.17) is 15.2 Å². The number of carbonyl (C=O) groups excluding carboxylic acids is 1. The molecule has 0 atom stereocenters. The van der Waals surface area contributed by atoms with Gasteiger partial charge in [0.2, 0.25) is 5.91 Å². The third-order valence-corrected chi connectivity index (χ3v) is 4.36. The van der Waals surface area contributed by atoms with Crippen LogP contribution in [0.4, 0.5) is 0 Å². The van der Waals surface area contributed by atoms with E-state index in [1.54, 1.807) is 4.90 Å². The Bertz CT molecular complexity index is 588. The van der Waals surface area contributed by atoms with Crippen molar-refractivity contribution in [1.82, 2.24) is 4.90 Å². The van der Waals surface area contributed by atoms with Crippen molar-refractivity contribution in [3.8, 4) is 11.5 Å². The molecule has 0 unspecified atom stereocenters. The van der Waals surface area contributed by atoms with Crippen molar-refractivity contribution in [1.29, 1.82) is 0 Å². The number of carbonyl (C=O) groups is 1. The number of nitrogens with zero attached hydrogens (tertiary/aromatic N) is 1. The number of likely N-dealkylation sites (N-methyl/N-ethyl adjacent to an activating group) is 1. The standard InChI is InChI=1S/C18H28N2O3.ClH/c1-17(2,11-19)12-20(5)16(21)18(3,4)13-6-7-14-15(10-13)23-9-8-22-14;/h6-7,10H,8-9,11-12,19H2,1-5H3;1H. The van der Waals surface area contributed by atoms with E-state index in [-0.39, 0.29) is 23.7 Å². The van der Waals surface area contributed by atoms with Gasteiger partial charge in [-0.05, 0) is 43.5 Å². The summed E-state index contributed by atoms with van der Waals surface area (Å²) in [6.45, 7) is 10.3. The molecule has 6 heteroatoms. The van der Waals surface area contributed by atoms with Gasteiger partial charge < -0.3 is 20.1 Å². The van der Waals surface area contributed by atoms with Crippen LogP contribution in [0.2, 0.25) is 0 Å². The number of hydrogen-bond donors (Lipinski definition) is 1. The van der Waals surface area contributed by atoms with Crippen LogP contribution in [0.3, 0.4) is 0 Å². The number of nitrogens with two attached hydrogens (primary N) is 1. The highest BCUT2D eigenvalue weighted by Gasteiger charge is 2.35. The fourth-order valence-electron chi connectivity index (χ4n) is 2.81. The van der Waals surface area contributed by atoms with Crippen molar-refractivity contribution in [3.63, 3.8) is 0 Å². The van der Waals surface area contributed by atoms with Crippen molar-refractivity contribution in [2.45, 2.75) is 33.1 Å². The first-order chi connectivity index (χ1) is 10.7. The van der Waals surface area contributed by atoms with Crippen LogP contribution in [0.15, 0.2) is 18.2 Å². The van der Waals surface area contributed by atoms with Gasteiger partial charge in [-0.1, -0.05) is 19.9 Å². The molecule has 1 amide bonds. The van der Waals surface area contributed by atoms with Gasteiger partial charge in [-0.2, -0.15) is 0 Å². The summed E-state index contributed by atoms with van der Waals surface area (Å²) in [6.07, 6.45) is 0. The number of amides is 1. The molecular formula is C18H29ClN2O3. The lowest BCUT2D eigenvalue weighted by Gasteiger charge is -2.35. The molecule has 1 aromatic rings. The van der Waals surface area contributed by atoms with Crippen LogP contribution in [0, 0.1) is 5.41 Å². The number of halogens is 1. The van der Waals surface area contributed by atoms with Crippen molar-refractivity contribution in [2.24, 2.45) is 11.1 Å². The molecule has 1 heterocycles. The van der Waals surface area contributed by atoms with E-state index in [1.807, 2.05) is 39.1 Å². The average Bonchev–Trinajstić information content (AvgIpc) is 2.53.